The van der Waals surface area contributed by atoms with Gasteiger partial charge in [-0.3, -0.25) is 0 Å². The normalized spacial score (nSPS) is 51.8. The molecule has 0 aliphatic heterocycles. The highest BCUT2D eigenvalue weighted by atomic mass is 16.4. The minimum atomic E-state index is -0.823. The van der Waals surface area contributed by atoms with Crippen LogP contribution in [0.1, 0.15) is 83.1 Å². The van der Waals surface area contributed by atoms with Crippen molar-refractivity contribution in [2.45, 2.75) is 94.9 Å². The quantitative estimate of drug-likeness (QED) is 0.670. The molecule has 0 amide bonds. The molecule has 0 unspecified atom stereocenters. The molecule has 1 aromatic heterocycles. The minimum absolute atomic E-state index is 0.169. The monoisotopic (exact) mass is 402 g/mol. The van der Waals surface area contributed by atoms with Crippen LogP contribution in [0.2, 0.25) is 0 Å². The molecule has 4 aliphatic carbocycles. The Bertz CT molecular complexity index is 845. The molecule has 0 spiro atoms. The molecule has 8 atom stereocenters. The van der Waals surface area contributed by atoms with Crippen LogP contribution >= 0.6 is 0 Å². The van der Waals surface area contributed by atoms with Gasteiger partial charge in [0.25, 0.3) is 0 Å². The third-order valence-corrected chi connectivity index (χ3v) is 10.1. The lowest BCUT2D eigenvalue weighted by Gasteiger charge is -2.66. The summed E-state index contributed by atoms with van der Waals surface area (Å²) in [5, 5.41) is 33.9. The van der Waals surface area contributed by atoms with Crippen LogP contribution in [0.25, 0.3) is 0 Å². The molecule has 5 nitrogen and oxygen atoms in total. The fraction of sp³-hybridized carbons (Fsp3) is 0.792. The highest BCUT2D eigenvalue weighted by molar-refractivity contribution is 5.27. The van der Waals surface area contributed by atoms with Crippen molar-refractivity contribution in [3.63, 3.8) is 0 Å². The molecule has 0 bridgehead atoms. The van der Waals surface area contributed by atoms with Gasteiger partial charge in [0.1, 0.15) is 0 Å². The van der Waals surface area contributed by atoms with Crippen molar-refractivity contribution in [2.75, 3.05) is 0 Å². The van der Waals surface area contributed by atoms with Crippen molar-refractivity contribution in [1.82, 2.24) is 0 Å². The summed E-state index contributed by atoms with van der Waals surface area (Å²) >= 11 is 0. The van der Waals surface area contributed by atoms with Crippen LogP contribution in [0.3, 0.4) is 0 Å². The predicted octanol–water partition coefficient (Wildman–Crippen LogP) is 3.36. The van der Waals surface area contributed by atoms with Gasteiger partial charge >= 0.3 is 5.63 Å². The first kappa shape index (κ1) is 19.8. The highest BCUT2D eigenvalue weighted by Gasteiger charge is 2.69. The third kappa shape index (κ3) is 2.47. The fourth-order valence-corrected chi connectivity index (χ4v) is 8.30. The van der Waals surface area contributed by atoms with Gasteiger partial charge in [0.2, 0.25) is 0 Å². The second-order valence-electron chi connectivity index (χ2n) is 11.0. The highest BCUT2D eigenvalue weighted by Crippen LogP contribution is 2.71. The summed E-state index contributed by atoms with van der Waals surface area (Å²) in [6.07, 6.45) is 8.22. The van der Waals surface area contributed by atoms with Crippen molar-refractivity contribution in [3.8, 4) is 0 Å². The van der Waals surface area contributed by atoms with E-state index in [1.165, 1.54) is 6.07 Å². The van der Waals surface area contributed by atoms with E-state index in [0.717, 1.165) is 50.5 Å². The third-order valence-electron chi connectivity index (χ3n) is 10.1. The molecule has 0 saturated heterocycles. The van der Waals surface area contributed by atoms with E-state index in [-0.39, 0.29) is 34.2 Å². The number of hydrogen-bond donors (Lipinski definition) is 3. The predicted molar refractivity (Wildman–Crippen MR) is 108 cm³/mol. The number of hydrogen-bond acceptors (Lipinski definition) is 5. The largest absolute Gasteiger partial charge is 0.431 e. The summed E-state index contributed by atoms with van der Waals surface area (Å²) in [5.74, 6) is 0.626. The second kappa shape index (κ2) is 6.18. The van der Waals surface area contributed by atoms with E-state index in [2.05, 4.69) is 13.8 Å². The van der Waals surface area contributed by atoms with Gasteiger partial charge in [-0.05, 0) is 86.2 Å². The fourth-order valence-electron chi connectivity index (χ4n) is 8.30. The Morgan fingerprint density at radius 1 is 0.931 bits per heavy atom. The lowest BCUT2D eigenvalue weighted by Crippen LogP contribution is -2.67. The van der Waals surface area contributed by atoms with Gasteiger partial charge in [-0.2, -0.15) is 0 Å². The summed E-state index contributed by atoms with van der Waals surface area (Å²) < 4.78 is 5.15. The minimum Gasteiger partial charge on any atom is -0.431 e. The topological polar surface area (TPSA) is 90.9 Å². The van der Waals surface area contributed by atoms with Gasteiger partial charge < -0.3 is 19.7 Å². The first-order valence-electron chi connectivity index (χ1n) is 11.3. The van der Waals surface area contributed by atoms with E-state index in [1.54, 1.807) is 6.26 Å². The van der Waals surface area contributed by atoms with Crippen LogP contribution in [0.5, 0.6) is 0 Å². The van der Waals surface area contributed by atoms with Gasteiger partial charge in [-0.1, -0.05) is 13.8 Å². The van der Waals surface area contributed by atoms with Crippen LogP contribution in [0, 0.1) is 22.7 Å². The van der Waals surface area contributed by atoms with Crippen molar-refractivity contribution >= 4 is 0 Å². The Balaban J connectivity index is 1.50. The average molecular weight is 403 g/mol. The maximum atomic E-state index is 12.2. The van der Waals surface area contributed by atoms with Gasteiger partial charge in [-0.25, -0.2) is 4.79 Å². The van der Waals surface area contributed by atoms with Crippen LogP contribution in [0.15, 0.2) is 27.6 Å². The summed E-state index contributed by atoms with van der Waals surface area (Å²) in [6.45, 7) is 4.43. The maximum absolute atomic E-state index is 12.2. The van der Waals surface area contributed by atoms with E-state index < -0.39 is 17.3 Å². The Morgan fingerprint density at radius 2 is 1.66 bits per heavy atom. The molecule has 0 aromatic carbocycles. The number of rotatable bonds is 1. The first-order chi connectivity index (χ1) is 13.6. The van der Waals surface area contributed by atoms with Crippen molar-refractivity contribution in [2.24, 2.45) is 22.7 Å². The van der Waals surface area contributed by atoms with E-state index in [4.69, 9.17) is 4.42 Å². The van der Waals surface area contributed by atoms with Crippen molar-refractivity contribution in [1.29, 1.82) is 0 Å². The van der Waals surface area contributed by atoms with Gasteiger partial charge in [0, 0.05) is 17.9 Å². The van der Waals surface area contributed by atoms with Gasteiger partial charge in [0.15, 0.2) is 0 Å². The lowest BCUT2D eigenvalue weighted by atomic mass is 9.42. The maximum Gasteiger partial charge on any atom is 0.335 e. The van der Waals surface area contributed by atoms with Crippen molar-refractivity contribution < 1.29 is 19.7 Å². The number of aliphatic hydroxyl groups is 3. The molecular formula is C24H34O5. The number of aliphatic hydroxyl groups excluding tert-OH is 1. The molecular weight excluding hydrogens is 368 g/mol. The average Bonchev–Trinajstić information content (AvgIpc) is 2.95. The molecule has 5 rings (SSSR count). The van der Waals surface area contributed by atoms with Crippen LogP contribution in [0.4, 0.5) is 0 Å². The van der Waals surface area contributed by atoms with E-state index in [9.17, 15) is 20.1 Å². The molecule has 160 valence electrons. The molecule has 3 N–H and O–H groups in total. The zero-order chi connectivity index (χ0) is 20.7. The summed E-state index contributed by atoms with van der Waals surface area (Å²) in [5.41, 5.74) is -1.41. The molecule has 1 heterocycles. The zero-order valence-corrected chi connectivity index (χ0v) is 17.6. The van der Waals surface area contributed by atoms with Crippen LogP contribution in [-0.4, -0.2) is 32.6 Å². The van der Waals surface area contributed by atoms with Gasteiger partial charge in [0.05, 0.1) is 23.6 Å². The molecule has 4 fully saturated rings. The lowest BCUT2D eigenvalue weighted by molar-refractivity contribution is -0.253. The molecule has 4 saturated carbocycles. The molecule has 0 radical (unpaired) electrons. The van der Waals surface area contributed by atoms with E-state index >= 15 is 0 Å². The van der Waals surface area contributed by atoms with Crippen LogP contribution < -0.4 is 5.63 Å². The van der Waals surface area contributed by atoms with Gasteiger partial charge in [-0.15, -0.1) is 0 Å². The molecule has 5 heteroatoms. The Hall–Kier alpha value is -1.17. The SMILES string of the molecule is C[C@]12CC[C@H](O)C[C@]1(O)CC[C@@H]1[C@@H]2CC[C@]2(C)[C@H](c3ccc(=O)oc3)CC[C@@]12O. The Labute approximate surface area is 172 Å². The van der Waals surface area contributed by atoms with Crippen molar-refractivity contribution in [3.05, 3.63) is 34.4 Å². The summed E-state index contributed by atoms with van der Waals surface area (Å²) in [6, 6.07) is 3.35. The molecule has 29 heavy (non-hydrogen) atoms. The Kier molecular flexibility index (Phi) is 4.21. The Morgan fingerprint density at radius 3 is 2.38 bits per heavy atom. The van der Waals surface area contributed by atoms with E-state index in [1.807, 2.05) is 6.07 Å². The second-order valence-corrected chi connectivity index (χ2v) is 11.0. The zero-order valence-electron chi connectivity index (χ0n) is 17.6. The molecule has 1 aromatic rings. The smallest absolute Gasteiger partial charge is 0.335 e. The summed E-state index contributed by atoms with van der Waals surface area (Å²) in [4.78, 5) is 11.4. The van der Waals surface area contributed by atoms with Crippen LogP contribution in [-0.2, 0) is 0 Å². The number of fused-ring (bicyclic) bond motifs is 5. The van der Waals surface area contributed by atoms with E-state index in [0.29, 0.717) is 12.8 Å². The standard InChI is InChI=1S/C24H34O5/c1-21-9-5-16(25)13-23(21,27)11-7-19-18(21)6-10-22(2)17(8-12-24(19,22)28)15-3-4-20(26)29-14-15/h3-4,14,16-19,25,27-28H,5-13H2,1-2H3/t16-,17-,18-,19+,21+,22+,23+,24+/m0/s1. The summed E-state index contributed by atoms with van der Waals surface area (Å²) in [7, 11) is 0. The molecule has 4 aliphatic rings. The first-order valence-corrected chi connectivity index (χ1v) is 11.3.